The molecule has 2 aromatic rings. The van der Waals surface area contributed by atoms with Crippen molar-refractivity contribution in [3.63, 3.8) is 0 Å². The number of carbonyl (C=O) groups excluding carboxylic acids is 1. The van der Waals surface area contributed by atoms with Crippen LogP contribution >= 0.6 is 0 Å². The summed E-state index contributed by atoms with van der Waals surface area (Å²) in [5.74, 6) is 0.850. The topological polar surface area (TPSA) is 17.1 Å². The molecule has 0 radical (unpaired) electrons. The maximum absolute atomic E-state index is 11.6. The summed E-state index contributed by atoms with van der Waals surface area (Å²) in [5, 5.41) is 0. The highest BCUT2D eigenvalue weighted by Gasteiger charge is 2.19. The molecule has 19 heavy (non-hydrogen) atoms. The molecule has 0 amide bonds. The molecule has 0 aromatic heterocycles. The summed E-state index contributed by atoms with van der Waals surface area (Å²) in [7, 11) is 0. The fourth-order valence-electron chi connectivity index (χ4n) is 2.70. The maximum Gasteiger partial charge on any atom is 0.163 e. The van der Waals surface area contributed by atoms with E-state index in [9.17, 15) is 4.79 Å². The summed E-state index contributed by atoms with van der Waals surface area (Å²) in [6.07, 6.45) is 1.57. The second-order valence-electron chi connectivity index (χ2n) is 5.57. The van der Waals surface area contributed by atoms with Crippen LogP contribution in [0.3, 0.4) is 0 Å². The van der Waals surface area contributed by atoms with Crippen molar-refractivity contribution < 1.29 is 4.79 Å². The minimum Gasteiger partial charge on any atom is -0.294 e. The second-order valence-corrected chi connectivity index (χ2v) is 5.57. The molecule has 0 heterocycles. The predicted molar refractivity (Wildman–Crippen MR) is 78.6 cm³/mol. The van der Waals surface area contributed by atoms with Gasteiger partial charge < -0.3 is 0 Å². The summed E-state index contributed by atoms with van der Waals surface area (Å²) in [6.45, 7) is 4.41. The molecule has 0 saturated carbocycles. The molecule has 3 rings (SSSR count). The Morgan fingerprint density at radius 2 is 1.58 bits per heavy atom. The van der Waals surface area contributed by atoms with Gasteiger partial charge in [-0.3, -0.25) is 4.79 Å². The van der Waals surface area contributed by atoms with E-state index in [-0.39, 0.29) is 5.78 Å². The zero-order chi connectivity index (χ0) is 13.4. The van der Waals surface area contributed by atoms with E-state index in [0.29, 0.717) is 12.3 Å². The first-order chi connectivity index (χ1) is 9.15. The van der Waals surface area contributed by atoms with Gasteiger partial charge in [0.2, 0.25) is 0 Å². The number of rotatable bonds is 2. The third kappa shape index (κ3) is 2.21. The number of ketones is 1. The molecule has 0 N–H and O–H groups in total. The van der Waals surface area contributed by atoms with Crippen LogP contribution in [0.1, 0.15) is 47.7 Å². The van der Waals surface area contributed by atoms with Crippen molar-refractivity contribution >= 4 is 5.78 Å². The quantitative estimate of drug-likeness (QED) is 0.761. The number of aryl methyl sites for hydroxylation is 1. The number of hydrogen-bond acceptors (Lipinski definition) is 1. The van der Waals surface area contributed by atoms with Gasteiger partial charge >= 0.3 is 0 Å². The highest BCUT2D eigenvalue weighted by molar-refractivity contribution is 6.00. The number of carbonyl (C=O) groups is 1. The Bertz CT molecular complexity index is 621. The molecule has 0 unspecified atom stereocenters. The molecule has 0 atom stereocenters. The van der Waals surface area contributed by atoms with E-state index in [2.05, 4.69) is 50.2 Å². The lowest BCUT2D eigenvalue weighted by atomic mass is 9.97. The molecular weight excluding hydrogens is 232 g/mol. The molecule has 1 aliphatic rings. The van der Waals surface area contributed by atoms with Crippen molar-refractivity contribution in [2.75, 3.05) is 0 Å². The van der Waals surface area contributed by atoms with Crippen molar-refractivity contribution in [3.05, 3.63) is 59.2 Å². The molecule has 0 spiro atoms. The number of Topliss-reactive ketones (excluding diaryl/α,β-unsaturated/α-hetero) is 1. The van der Waals surface area contributed by atoms with Gasteiger partial charge in [0.25, 0.3) is 0 Å². The van der Waals surface area contributed by atoms with Gasteiger partial charge in [-0.15, -0.1) is 0 Å². The van der Waals surface area contributed by atoms with Crippen LogP contribution in [0.15, 0.2) is 42.5 Å². The predicted octanol–water partition coefficient (Wildman–Crippen LogP) is 4.61. The average Bonchev–Trinajstić information content (AvgIpc) is 2.80. The van der Waals surface area contributed by atoms with Gasteiger partial charge in [-0.05, 0) is 34.6 Å². The van der Waals surface area contributed by atoms with Crippen molar-refractivity contribution in [3.8, 4) is 11.1 Å². The van der Waals surface area contributed by atoms with E-state index in [0.717, 1.165) is 12.0 Å². The van der Waals surface area contributed by atoms with Gasteiger partial charge in [-0.2, -0.15) is 0 Å². The zero-order valence-corrected chi connectivity index (χ0v) is 11.4. The van der Waals surface area contributed by atoms with Crippen LogP contribution in [-0.4, -0.2) is 5.78 Å². The summed E-state index contributed by atoms with van der Waals surface area (Å²) in [6, 6.07) is 15.0. The molecule has 2 aromatic carbocycles. The Balaban J connectivity index is 1.96. The lowest BCUT2D eigenvalue weighted by Gasteiger charge is -2.08. The molecule has 1 heteroatoms. The van der Waals surface area contributed by atoms with Gasteiger partial charge in [0.05, 0.1) is 0 Å². The summed E-state index contributed by atoms with van der Waals surface area (Å²) in [5.41, 5.74) is 5.92. The Labute approximate surface area is 114 Å². The zero-order valence-electron chi connectivity index (χ0n) is 11.4. The monoisotopic (exact) mass is 250 g/mol. The van der Waals surface area contributed by atoms with Crippen LogP contribution in [0.4, 0.5) is 0 Å². The van der Waals surface area contributed by atoms with E-state index < -0.39 is 0 Å². The highest BCUT2D eigenvalue weighted by Crippen LogP contribution is 2.28. The van der Waals surface area contributed by atoms with Crippen molar-refractivity contribution in [1.29, 1.82) is 0 Å². The van der Waals surface area contributed by atoms with Crippen LogP contribution < -0.4 is 0 Å². The number of benzene rings is 2. The molecule has 96 valence electrons. The van der Waals surface area contributed by atoms with Crippen LogP contribution in [0, 0.1) is 0 Å². The highest BCUT2D eigenvalue weighted by atomic mass is 16.1. The molecular formula is C18H18O. The molecule has 0 aliphatic heterocycles. The van der Waals surface area contributed by atoms with Gasteiger partial charge in [0.1, 0.15) is 0 Å². The Kier molecular flexibility index (Phi) is 2.98. The average molecular weight is 250 g/mol. The Morgan fingerprint density at radius 3 is 2.26 bits per heavy atom. The molecule has 1 aliphatic carbocycles. The third-order valence-corrected chi connectivity index (χ3v) is 3.94. The second kappa shape index (κ2) is 4.65. The first-order valence-electron chi connectivity index (χ1n) is 6.91. The summed E-state index contributed by atoms with van der Waals surface area (Å²) in [4.78, 5) is 11.6. The molecule has 0 fully saturated rings. The summed E-state index contributed by atoms with van der Waals surface area (Å²) < 4.78 is 0. The molecule has 1 nitrogen and oxygen atoms in total. The molecule has 0 bridgehead atoms. The number of fused-ring (bicyclic) bond motifs is 1. The van der Waals surface area contributed by atoms with Gasteiger partial charge in [-0.1, -0.05) is 56.3 Å². The minimum atomic E-state index is 0.289. The van der Waals surface area contributed by atoms with E-state index in [1.165, 1.54) is 22.3 Å². The van der Waals surface area contributed by atoms with Crippen LogP contribution in [0.2, 0.25) is 0 Å². The lowest BCUT2D eigenvalue weighted by Crippen LogP contribution is -1.91. The maximum atomic E-state index is 11.6. The van der Waals surface area contributed by atoms with Crippen LogP contribution in [0.25, 0.3) is 11.1 Å². The first kappa shape index (κ1) is 12.2. The normalized spacial score (nSPS) is 13.9. The largest absolute Gasteiger partial charge is 0.294 e. The standard InChI is InChI=1S/C18H18O/c1-12(2)13-3-5-14(6-4-13)15-7-9-17-16(11-15)8-10-18(17)19/h3-7,9,11-12H,8,10H2,1-2H3. The van der Waals surface area contributed by atoms with Crippen molar-refractivity contribution in [1.82, 2.24) is 0 Å². The van der Waals surface area contributed by atoms with Gasteiger partial charge in [0, 0.05) is 12.0 Å². The SMILES string of the molecule is CC(C)c1ccc(-c2ccc3c(c2)CCC3=O)cc1. The van der Waals surface area contributed by atoms with E-state index in [1.54, 1.807) is 0 Å². The van der Waals surface area contributed by atoms with Crippen LogP contribution in [0.5, 0.6) is 0 Å². The minimum absolute atomic E-state index is 0.289. The summed E-state index contributed by atoms with van der Waals surface area (Å²) >= 11 is 0. The smallest absolute Gasteiger partial charge is 0.163 e. The van der Waals surface area contributed by atoms with E-state index >= 15 is 0 Å². The van der Waals surface area contributed by atoms with Crippen molar-refractivity contribution in [2.45, 2.75) is 32.6 Å². The molecule has 0 saturated heterocycles. The number of hydrogen-bond donors (Lipinski definition) is 0. The first-order valence-corrected chi connectivity index (χ1v) is 6.91. The third-order valence-electron chi connectivity index (χ3n) is 3.94. The van der Waals surface area contributed by atoms with Crippen LogP contribution in [-0.2, 0) is 6.42 Å². The van der Waals surface area contributed by atoms with Crippen molar-refractivity contribution in [2.24, 2.45) is 0 Å². The fraction of sp³-hybridized carbons (Fsp3) is 0.278. The van der Waals surface area contributed by atoms with E-state index in [1.807, 2.05) is 6.07 Å². The fourth-order valence-corrected chi connectivity index (χ4v) is 2.70. The lowest BCUT2D eigenvalue weighted by molar-refractivity contribution is 0.0994. The van der Waals surface area contributed by atoms with Gasteiger partial charge in [-0.25, -0.2) is 0 Å². The Morgan fingerprint density at radius 1 is 0.895 bits per heavy atom. The van der Waals surface area contributed by atoms with E-state index in [4.69, 9.17) is 0 Å². The van der Waals surface area contributed by atoms with Gasteiger partial charge in [0.15, 0.2) is 5.78 Å². The Hall–Kier alpha value is -1.89.